The van der Waals surface area contributed by atoms with Crippen LogP contribution in [0.4, 0.5) is 5.69 Å². The van der Waals surface area contributed by atoms with Crippen molar-refractivity contribution >= 4 is 44.6 Å². The fourth-order valence-electron chi connectivity index (χ4n) is 1.80. The van der Waals surface area contributed by atoms with E-state index >= 15 is 0 Å². The Balaban J connectivity index is 2.16. The van der Waals surface area contributed by atoms with Crippen LogP contribution in [0.3, 0.4) is 0 Å². The van der Waals surface area contributed by atoms with Crippen LogP contribution in [0.2, 0.25) is 5.02 Å². The van der Waals surface area contributed by atoms with Gasteiger partial charge < -0.3 is 16.4 Å². The van der Waals surface area contributed by atoms with Crippen LogP contribution in [0.15, 0.2) is 18.2 Å². The van der Waals surface area contributed by atoms with Gasteiger partial charge in [0.25, 0.3) is 5.91 Å². The quantitative estimate of drug-likeness (QED) is 0.743. The number of fused-ring (bicyclic) bond motifs is 1. The van der Waals surface area contributed by atoms with Gasteiger partial charge in [0, 0.05) is 21.7 Å². The number of rotatable bonds is 5. The van der Waals surface area contributed by atoms with Crippen molar-refractivity contribution < 1.29 is 4.79 Å². The van der Waals surface area contributed by atoms with Gasteiger partial charge in [-0.3, -0.25) is 4.79 Å². The van der Waals surface area contributed by atoms with Crippen LogP contribution in [0, 0.1) is 0 Å². The summed E-state index contributed by atoms with van der Waals surface area (Å²) >= 11 is 7.33. The van der Waals surface area contributed by atoms with Crippen molar-refractivity contribution in [2.75, 3.05) is 25.9 Å². The lowest BCUT2D eigenvalue weighted by atomic mass is 10.2. The standard InChI is InChI=1S/C13H16ClN3OS/c1-16-5-2-6-17-13(18)12-11(15)9-7-8(14)3-4-10(9)19-12/h3-4,7,16H,2,5-6,15H2,1H3,(H,17,18). The van der Waals surface area contributed by atoms with Gasteiger partial charge in [-0.1, -0.05) is 11.6 Å². The number of anilines is 1. The summed E-state index contributed by atoms with van der Waals surface area (Å²) in [6.07, 6.45) is 0.888. The van der Waals surface area contributed by atoms with Gasteiger partial charge in [-0.2, -0.15) is 0 Å². The zero-order chi connectivity index (χ0) is 13.8. The Hall–Kier alpha value is -1.30. The van der Waals surface area contributed by atoms with Crippen LogP contribution in [0.1, 0.15) is 16.1 Å². The molecular formula is C13H16ClN3OS. The smallest absolute Gasteiger partial charge is 0.263 e. The maximum Gasteiger partial charge on any atom is 0.263 e. The van der Waals surface area contributed by atoms with Crippen molar-refractivity contribution in [3.8, 4) is 0 Å². The summed E-state index contributed by atoms with van der Waals surface area (Å²) in [4.78, 5) is 12.6. The first-order valence-corrected chi connectivity index (χ1v) is 7.23. The van der Waals surface area contributed by atoms with Crippen molar-refractivity contribution in [3.63, 3.8) is 0 Å². The summed E-state index contributed by atoms with van der Waals surface area (Å²) < 4.78 is 0.974. The number of halogens is 1. The van der Waals surface area contributed by atoms with E-state index in [1.54, 1.807) is 12.1 Å². The molecule has 0 saturated carbocycles. The van der Waals surface area contributed by atoms with E-state index in [0.29, 0.717) is 22.1 Å². The Morgan fingerprint density at radius 3 is 2.95 bits per heavy atom. The molecule has 4 N–H and O–H groups in total. The highest BCUT2D eigenvalue weighted by molar-refractivity contribution is 7.21. The Bertz CT molecular complexity index is 597. The lowest BCUT2D eigenvalue weighted by Crippen LogP contribution is -2.26. The number of hydrogen-bond acceptors (Lipinski definition) is 4. The number of amides is 1. The van der Waals surface area contributed by atoms with E-state index in [1.807, 2.05) is 13.1 Å². The van der Waals surface area contributed by atoms with E-state index in [0.717, 1.165) is 23.1 Å². The number of thiophene rings is 1. The molecule has 6 heteroatoms. The molecule has 2 rings (SSSR count). The largest absolute Gasteiger partial charge is 0.397 e. The highest BCUT2D eigenvalue weighted by Crippen LogP contribution is 2.35. The van der Waals surface area contributed by atoms with E-state index in [1.165, 1.54) is 11.3 Å². The SMILES string of the molecule is CNCCCNC(=O)c1sc2ccc(Cl)cc2c1N. The zero-order valence-corrected chi connectivity index (χ0v) is 12.2. The first-order chi connectivity index (χ1) is 9.13. The Kier molecular flexibility index (Phi) is 4.63. The number of carbonyl (C=O) groups excluding carboxylic acids is 1. The molecule has 0 saturated heterocycles. The summed E-state index contributed by atoms with van der Waals surface area (Å²) in [6, 6.07) is 5.48. The van der Waals surface area contributed by atoms with E-state index < -0.39 is 0 Å². The van der Waals surface area contributed by atoms with Gasteiger partial charge in [-0.15, -0.1) is 11.3 Å². The Morgan fingerprint density at radius 1 is 1.42 bits per heavy atom. The van der Waals surface area contributed by atoms with Crippen LogP contribution in [0.25, 0.3) is 10.1 Å². The minimum absolute atomic E-state index is 0.120. The van der Waals surface area contributed by atoms with Gasteiger partial charge in [0.05, 0.1) is 5.69 Å². The summed E-state index contributed by atoms with van der Waals surface area (Å²) in [5, 5.41) is 7.37. The van der Waals surface area contributed by atoms with Crippen LogP contribution in [-0.4, -0.2) is 26.0 Å². The Labute approximate surface area is 120 Å². The molecule has 0 atom stereocenters. The molecule has 0 radical (unpaired) electrons. The third-order valence-electron chi connectivity index (χ3n) is 2.78. The average Bonchev–Trinajstić information content (AvgIpc) is 2.72. The van der Waals surface area contributed by atoms with E-state index in [-0.39, 0.29) is 5.91 Å². The number of carbonyl (C=O) groups is 1. The molecule has 0 aliphatic carbocycles. The molecule has 1 aromatic heterocycles. The minimum atomic E-state index is -0.120. The lowest BCUT2D eigenvalue weighted by molar-refractivity contribution is 0.0958. The van der Waals surface area contributed by atoms with Gasteiger partial charge >= 0.3 is 0 Å². The average molecular weight is 298 g/mol. The number of nitrogens with one attached hydrogen (secondary N) is 2. The molecule has 102 valence electrons. The van der Waals surface area contributed by atoms with Crippen molar-refractivity contribution in [1.82, 2.24) is 10.6 Å². The Morgan fingerprint density at radius 2 is 2.21 bits per heavy atom. The summed E-state index contributed by atoms with van der Waals surface area (Å²) in [5.74, 6) is -0.120. The summed E-state index contributed by atoms with van der Waals surface area (Å²) in [6.45, 7) is 1.51. The highest BCUT2D eigenvalue weighted by Gasteiger charge is 2.15. The molecule has 2 aromatic rings. The molecule has 0 aliphatic rings. The van der Waals surface area contributed by atoms with E-state index in [2.05, 4.69) is 10.6 Å². The number of hydrogen-bond donors (Lipinski definition) is 3. The van der Waals surface area contributed by atoms with Crippen LogP contribution in [-0.2, 0) is 0 Å². The molecule has 0 aliphatic heterocycles. The van der Waals surface area contributed by atoms with Crippen molar-refractivity contribution in [3.05, 3.63) is 28.1 Å². The van der Waals surface area contributed by atoms with Crippen LogP contribution < -0.4 is 16.4 Å². The molecule has 19 heavy (non-hydrogen) atoms. The maximum absolute atomic E-state index is 12.0. The van der Waals surface area contributed by atoms with E-state index in [4.69, 9.17) is 17.3 Å². The predicted molar refractivity (Wildman–Crippen MR) is 82.1 cm³/mol. The van der Waals surface area contributed by atoms with Gasteiger partial charge in [0.15, 0.2) is 0 Å². The first-order valence-electron chi connectivity index (χ1n) is 6.04. The lowest BCUT2D eigenvalue weighted by Gasteiger charge is -2.03. The molecule has 0 bridgehead atoms. The summed E-state index contributed by atoms with van der Waals surface area (Å²) in [5.41, 5.74) is 6.53. The highest BCUT2D eigenvalue weighted by atomic mass is 35.5. The normalized spacial score (nSPS) is 10.8. The van der Waals surface area contributed by atoms with Gasteiger partial charge in [-0.05, 0) is 38.2 Å². The first kappa shape index (κ1) is 14.1. The van der Waals surface area contributed by atoms with Crippen LogP contribution in [0.5, 0.6) is 0 Å². The maximum atomic E-state index is 12.0. The molecule has 4 nitrogen and oxygen atoms in total. The molecule has 0 unspecified atom stereocenters. The van der Waals surface area contributed by atoms with Crippen LogP contribution >= 0.6 is 22.9 Å². The van der Waals surface area contributed by atoms with Crippen molar-refractivity contribution in [2.45, 2.75) is 6.42 Å². The molecule has 1 amide bonds. The number of benzene rings is 1. The van der Waals surface area contributed by atoms with E-state index in [9.17, 15) is 4.79 Å². The molecule has 0 fully saturated rings. The second-order valence-corrected chi connectivity index (χ2v) is 5.69. The minimum Gasteiger partial charge on any atom is -0.397 e. The zero-order valence-electron chi connectivity index (χ0n) is 10.6. The third kappa shape index (κ3) is 3.18. The molecular weight excluding hydrogens is 282 g/mol. The number of nitrogen functional groups attached to an aromatic ring is 1. The fourth-order valence-corrected chi connectivity index (χ4v) is 3.00. The van der Waals surface area contributed by atoms with Gasteiger partial charge in [-0.25, -0.2) is 0 Å². The van der Waals surface area contributed by atoms with Crippen molar-refractivity contribution in [1.29, 1.82) is 0 Å². The van der Waals surface area contributed by atoms with Gasteiger partial charge in [0.2, 0.25) is 0 Å². The second kappa shape index (κ2) is 6.23. The van der Waals surface area contributed by atoms with Crippen molar-refractivity contribution in [2.24, 2.45) is 0 Å². The fraction of sp³-hybridized carbons (Fsp3) is 0.308. The third-order valence-corrected chi connectivity index (χ3v) is 4.20. The topological polar surface area (TPSA) is 67.1 Å². The van der Waals surface area contributed by atoms with Gasteiger partial charge in [0.1, 0.15) is 4.88 Å². The predicted octanol–water partition coefficient (Wildman–Crippen LogP) is 2.48. The molecule has 0 spiro atoms. The second-order valence-electron chi connectivity index (χ2n) is 4.20. The molecule has 1 heterocycles. The summed E-state index contributed by atoms with van der Waals surface area (Å²) in [7, 11) is 1.88. The molecule has 1 aromatic carbocycles. The monoisotopic (exact) mass is 297 g/mol. The number of nitrogens with two attached hydrogens (primary N) is 1.